The van der Waals surface area contributed by atoms with Crippen LogP contribution in [0.1, 0.15) is 40.5 Å². The molecule has 0 saturated carbocycles. The minimum atomic E-state index is -4.59. The minimum Gasteiger partial charge on any atom is -0.496 e. The zero-order chi connectivity index (χ0) is 29.2. The Morgan fingerprint density at radius 3 is 2.60 bits per heavy atom. The summed E-state index contributed by atoms with van der Waals surface area (Å²) in [6, 6.07) is 6.92. The van der Waals surface area contributed by atoms with Crippen molar-refractivity contribution in [2.24, 2.45) is 0 Å². The van der Waals surface area contributed by atoms with Crippen molar-refractivity contribution >= 4 is 44.2 Å². The molecule has 1 saturated heterocycles. The molecule has 1 aliphatic heterocycles. The maximum atomic E-state index is 14.0. The van der Waals surface area contributed by atoms with E-state index in [2.05, 4.69) is 29.0 Å². The summed E-state index contributed by atoms with van der Waals surface area (Å²) in [7, 11) is 3.05. The number of amides is 2. The predicted octanol–water partition coefficient (Wildman–Crippen LogP) is 5.55. The highest BCUT2D eigenvalue weighted by atomic mass is 32.1. The second-order valence-corrected chi connectivity index (χ2v) is 10.3. The van der Waals surface area contributed by atoms with E-state index in [4.69, 9.17) is 14.5 Å². The lowest BCUT2D eigenvalue weighted by Crippen LogP contribution is -2.56. The van der Waals surface area contributed by atoms with Gasteiger partial charge < -0.3 is 25.0 Å². The van der Waals surface area contributed by atoms with Crippen LogP contribution < -0.4 is 20.3 Å². The Balaban J connectivity index is 1.60. The summed E-state index contributed by atoms with van der Waals surface area (Å²) in [4.78, 5) is 33.2. The van der Waals surface area contributed by atoms with Gasteiger partial charge in [-0.15, -0.1) is 0 Å². The number of fused-ring (bicyclic) bond motifs is 1. The molecule has 0 aliphatic carbocycles. The van der Waals surface area contributed by atoms with E-state index >= 15 is 0 Å². The van der Waals surface area contributed by atoms with Gasteiger partial charge >= 0.3 is 6.18 Å². The SMILES string of the molecule is C=C(CCNC(=O)c1cc(F)ccc1NC(=O)c1c(OC)ccc2nc(N3C(C)CC3COC)sc12)C(F)(F)F. The number of rotatable bonds is 10. The summed E-state index contributed by atoms with van der Waals surface area (Å²) >= 11 is 1.32. The second-order valence-electron chi connectivity index (χ2n) is 9.34. The number of nitrogens with zero attached hydrogens (tertiary/aromatic N) is 2. The molecular formula is C27H28F4N4O4S. The quantitative estimate of drug-likeness (QED) is 0.241. The molecule has 40 heavy (non-hydrogen) atoms. The van der Waals surface area contributed by atoms with E-state index in [-0.39, 0.29) is 41.2 Å². The largest absolute Gasteiger partial charge is 0.496 e. The predicted molar refractivity (Wildman–Crippen MR) is 145 cm³/mol. The van der Waals surface area contributed by atoms with Crippen LogP contribution in [-0.4, -0.2) is 62.4 Å². The van der Waals surface area contributed by atoms with E-state index in [0.29, 0.717) is 16.8 Å². The lowest BCUT2D eigenvalue weighted by atomic mass is 9.96. The van der Waals surface area contributed by atoms with Crippen molar-refractivity contribution < 1.29 is 36.6 Å². The van der Waals surface area contributed by atoms with Crippen LogP contribution >= 0.6 is 11.3 Å². The van der Waals surface area contributed by atoms with Gasteiger partial charge in [-0.3, -0.25) is 9.59 Å². The molecule has 0 bridgehead atoms. The van der Waals surface area contributed by atoms with Crippen LogP contribution in [0.4, 0.5) is 28.4 Å². The summed E-state index contributed by atoms with van der Waals surface area (Å²) < 4.78 is 63.5. The van der Waals surface area contributed by atoms with Gasteiger partial charge in [-0.2, -0.15) is 13.2 Å². The first-order valence-electron chi connectivity index (χ1n) is 12.3. The third kappa shape index (κ3) is 6.04. The van der Waals surface area contributed by atoms with Gasteiger partial charge in [0, 0.05) is 25.3 Å². The highest BCUT2D eigenvalue weighted by Gasteiger charge is 2.37. The fraction of sp³-hybridized carbons (Fsp3) is 0.370. The van der Waals surface area contributed by atoms with Gasteiger partial charge in [-0.1, -0.05) is 17.9 Å². The van der Waals surface area contributed by atoms with E-state index in [9.17, 15) is 27.2 Å². The third-order valence-electron chi connectivity index (χ3n) is 6.60. The first-order chi connectivity index (χ1) is 18.9. The van der Waals surface area contributed by atoms with Crippen LogP contribution in [0, 0.1) is 5.82 Å². The fourth-order valence-electron chi connectivity index (χ4n) is 4.55. The summed E-state index contributed by atoms with van der Waals surface area (Å²) in [6.45, 7) is 5.20. The van der Waals surface area contributed by atoms with Gasteiger partial charge in [-0.05, 0) is 50.1 Å². The number of carbonyl (C=O) groups excluding carboxylic acids is 2. The molecule has 214 valence electrons. The number of carbonyl (C=O) groups is 2. The monoisotopic (exact) mass is 580 g/mol. The maximum Gasteiger partial charge on any atom is 0.412 e. The van der Waals surface area contributed by atoms with Crippen LogP contribution in [0.5, 0.6) is 5.75 Å². The number of ether oxygens (including phenoxy) is 2. The zero-order valence-corrected chi connectivity index (χ0v) is 22.8. The molecule has 0 radical (unpaired) electrons. The Kier molecular flexibility index (Phi) is 8.64. The summed E-state index contributed by atoms with van der Waals surface area (Å²) in [6.07, 6.45) is -4.18. The average molecular weight is 581 g/mol. The van der Waals surface area contributed by atoms with Crippen molar-refractivity contribution in [3.8, 4) is 5.75 Å². The molecule has 13 heteroatoms. The van der Waals surface area contributed by atoms with E-state index in [0.717, 1.165) is 23.7 Å². The van der Waals surface area contributed by atoms with Crippen LogP contribution in [0.25, 0.3) is 10.2 Å². The highest BCUT2D eigenvalue weighted by Crippen LogP contribution is 2.41. The van der Waals surface area contributed by atoms with E-state index < -0.39 is 35.8 Å². The molecule has 0 spiro atoms. The summed E-state index contributed by atoms with van der Waals surface area (Å²) in [5.74, 6) is -1.98. The summed E-state index contributed by atoms with van der Waals surface area (Å²) in [5.41, 5.74) is -0.538. The second kappa shape index (κ2) is 11.8. The van der Waals surface area contributed by atoms with Gasteiger partial charge in [-0.25, -0.2) is 9.37 Å². The highest BCUT2D eigenvalue weighted by molar-refractivity contribution is 7.22. The van der Waals surface area contributed by atoms with Gasteiger partial charge in [0.25, 0.3) is 11.8 Å². The molecule has 2 atom stereocenters. The first-order valence-corrected chi connectivity index (χ1v) is 13.1. The Morgan fingerprint density at radius 1 is 1.20 bits per heavy atom. The van der Waals surface area contributed by atoms with Gasteiger partial charge in [0.1, 0.15) is 17.1 Å². The Bertz CT molecular complexity index is 1440. The summed E-state index contributed by atoms with van der Waals surface area (Å²) in [5, 5.41) is 5.67. The van der Waals surface area contributed by atoms with Crippen molar-refractivity contribution in [3.05, 3.63) is 59.4 Å². The lowest BCUT2D eigenvalue weighted by Gasteiger charge is -2.46. The molecule has 2 N–H and O–H groups in total. The van der Waals surface area contributed by atoms with Crippen molar-refractivity contribution in [2.45, 2.75) is 38.0 Å². The molecular weight excluding hydrogens is 552 g/mol. The number of nitrogens with one attached hydrogen (secondary N) is 2. The number of alkyl halides is 3. The minimum absolute atomic E-state index is 0.0288. The molecule has 1 aliphatic rings. The standard InChI is InChI=1S/C27H28F4N4O4S/c1-14(27(29,30)31)9-10-32-24(36)18-12-16(28)5-6-19(18)33-25(37)22-21(39-4)8-7-20-23(22)40-26(34-20)35-15(2)11-17(35)13-38-3/h5-8,12,15,17H,1,9-11,13H2,2-4H3,(H,32,36)(H,33,37). The molecule has 2 aromatic carbocycles. The van der Waals surface area contributed by atoms with E-state index in [1.165, 1.54) is 24.5 Å². The zero-order valence-electron chi connectivity index (χ0n) is 22.0. The van der Waals surface area contributed by atoms with Gasteiger partial charge in [0.05, 0.1) is 41.2 Å². The molecule has 3 aromatic rings. The van der Waals surface area contributed by atoms with Crippen LogP contribution in [0.2, 0.25) is 0 Å². The fourth-order valence-corrected chi connectivity index (χ4v) is 5.82. The smallest absolute Gasteiger partial charge is 0.412 e. The Hall–Kier alpha value is -3.71. The van der Waals surface area contributed by atoms with E-state index in [1.54, 1.807) is 19.2 Å². The molecule has 1 fully saturated rings. The number of halogens is 4. The van der Waals surface area contributed by atoms with Crippen molar-refractivity contribution in [3.63, 3.8) is 0 Å². The van der Waals surface area contributed by atoms with Gasteiger partial charge in [0.2, 0.25) is 0 Å². The number of anilines is 2. The van der Waals surface area contributed by atoms with Crippen molar-refractivity contribution in [1.82, 2.24) is 10.3 Å². The topological polar surface area (TPSA) is 92.8 Å². The number of hydrogen-bond donors (Lipinski definition) is 2. The lowest BCUT2D eigenvalue weighted by molar-refractivity contribution is -0.0934. The Morgan fingerprint density at radius 2 is 1.95 bits per heavy atom. The van der Waals surface area contributed by atoms with Crippen LogP contribution in [0.3, 0.4) is 0 Å². The van der Waals surface area contributed by atoms with Crippen molar-refractivity contribution in [1.29, 1.82) is 0 Å². The number of aromatic nitrogens is 1. The number of benzene rings is 2. The molecule has 8 nitrogen and oxygen atoms in total. The van der Waals surface area contributed by atoms with Crippen LogP contribution in [0.15, 0.2) is 42.5 Å². The van der Waals surface area contributed by atoms with Crippen molar-refractivity contribution in [2.75, 3.05) is 37.6 Å². The molecule has 2 heterocycles. The van der Waals surface area contributed by atoms with Crippen LogP contribution in [-0.2, 0) is 4.74 Å². The third-order valence-corrected chi connectivity index (χ3v) is 7.71. The molecule has 4 rings (SSSR count). The Labute approximate surface area is 232 Å². The normalized spacial score (nSPS) is 16.9. The maximum absolute atomic E-state index is 14.0. The van der Waals surface area contributed by atoms with Gasteiger partial charge in [0.15, 0.2) is 5.13 Å². The molecule has 2 unspecified atom stereocenters. The number of hydrogen-bond acceptors (Lipinski definition) is 7. The average Bonchev–Trinajstić information content (AvgIpc) is 3.30. The van der Waals surface area contributed by atoms with E-state index in [1.807, 2.05) is 0 Å². The molecule has 1 aromatic heterocycles. The first kappa shape index (κ1) is 29.3. The molecule has 2 amide bonds. The number of methoxy groups -OCH3 is 2. The number of thiazole rings is 1.